The molecule has 1 aliphatic carbocycles. The summed E-state index contributed by atoms with van der Waals surface area (Å²) in [6, 6.07) is 7.86. The van der Waals surface area contributed by atoms with Crippen LogP contribution in [0.15, 0.2) is 35.8 Å². The van der Waals surface area contributed by atoms with Gasteiger partial charge in [0.2, 0.25) is 5.91 Å². The van der Waals surface area contributed by atoms with Crippen LogP contribution in [0.3, 0.4) is 0 Å². The van der Waals surface area contributed by atoms with Gasteiger partial charge in [-0.3, -0.25) is 4.79 Å². The molecule has 23 heavy (non-hydrogen) atoms. The van der Waals surface area contributed by atoms with Gasteiger partial charge in [-0.1, -0.05) is 19.3 Å². The number of anilines is 1. The van der Waals surface area contributed by atoms with E-state index in [2.05, 4.69) is 10.3 Å². The van der Waals surface area contributed by atoms with Gasteiger partial charge in [0.25, 0.3) is 0 Å². The normalized spacial score (nSPS) is 16.9. The van der Waals surface area contributed by atoms with Crippen molar-refractivity contribution >= 4 is 22.9 Å². The molecule has 0 radical (unpaired) electrons. The fraction of sp³-hybridized carbons (Fsp3) is 0.444. The van der Waals surface area contributed by atoms with E-state index in [1.807, 2.05) is 29.6 Å². The number of benzene rings is 1. The van der Waals surface area contributed by atoms with Crippen LogP contribution in [0.25, 0.3) is 10.6 Å². The van der Waals surface area contributed by atoms with Gasteiger partial charge in [-0.15, -0.1) is 11.3 Å². The van der Waals surface area contributed by atoms with Crippen molar-refractivity contribution in [2.24, 2.45) is 11.1 Å². The summed E-state index contributed by atoms with van der Waals surface area (Å²) in [6.45, 7) is 0.601. The van der Waals surface area contributed by atoms with Crippen molar-refractivity contribution < 1.29 is 4.79 Å². The van der Waals surface area contributed by atoms with Crippen molar-refractivity contribution in [3.8, 4) is 10.6 Å². The fourth-order valence-corrected chi connectivity index (χ4v) is 4.01. The predicted molar refractivity (Wildman–Crippen MR) is 95.4 cm³/mol. The molecule has 3 rings (SSSR count). The fourth-order valence-electron chi connectivity index (χ4n) is 3.36. The van der Waals surface area contributed by atoms with Crippen LogP contribution in [0.2, 0.25) is 0 Å². The first-order valence-electron chi connectivity index (χ1n) is 8.21. The minimum Gasteiger partial charge on any atom is -0.330 e. The minimum atomic E-state index is 0.00314. The van der Waals surface area contributed by atoms with E-state index >= 15 is 0 Å². The summed E-state index contributed by atoms with van der Waals surface area (Å²) in [5.74, 6) is 0.0688. The number of nitrogens with two attached hydrogens (primary N) is 1. The van der Waals surface area contributed by atoms with E-state index in [4.69, 9.17) is 5.73 Å². The molecule has 1 fully saturated rings. The van der Waals surface area contributed by atoms with Crippen LogP contribution in [-0.2, 0) is 4.79 Å². The highest BCUT2D eigenvalue weighted by Crippen LogP contribution is 2.38. The van der Waals surface area contributed by atoms with Crippen LogP contribution in [0.1, 0.15) is 38.5 Å². The maximum absolute atomic E-state index is 12.4. The number of thiazole rings is 1. The molecule has 0 atom stereocenters. The molecular weight excluding hydrogens is 306 g/mol. The largest absolute Gasteiger partial charge is 0.330 e. The SMILES string of the molecule is NCC1(CC(=O)Nc2ccc(-c3nccs3)cc2)CCCCC1. The lowest BCUT2D eigenvalue weighted by Gasteiger charge is -2.35. The number of rotatable bonds is 5. The third-order valence-electron chi connectivity index (χ3n) is 4.73. The molecule has 4 nitrogen and oxygen atoms in total. The molecule has 0 unspecified atom stereocenters. The Morgan fingerprint density at radius 3 is 2.57 bits per heavy atom. The van der Waals surface area contributed by atoms with Gasteiger partial charge in [-0.2, -0.15) is 0 Å². The molecule has 0 bridgehead atoms. The Morgan fingerprint density at radius 2 is 1.96 bits per heavy atom. The number of carbonyl (C=O) groups is 1. The summed E-state index contributed by atoms with van der Waals surface area (Å²) in [5.41, 5.74) is 7.88. The van der Waals surface area contributed by atoms with Gasteiger partial charge in [-0.05, 0) is 49.1 Å². The van der Waals surface area contributed by atoms with Crippen LogP contribution in [0.5, 0.6) is 0 Å². The number of nitrogens with zero attached hydrogens (tertiary/aromatic N) is 1. The van der Waals surface area contributed by atoms with E-state index in [9.17, 15) is 4.79 Å². The maximum atomic E-state index is 12.4. The Balaban J connectivity index is 1.61. The lowest BCUT2D eigenvalue weighted by atomic mass is 9.71. The van der Waals surface area contributed by atoms with Crippen molar-refractivity contribution in [1.82, 2.24) is 4.98 Å². The van der Waals surface area contributed by atoms with E-state index in [1.165, 1.54) is 19.3 Å². The van der Waals surface area contributed by atoms with E-state index in [1.54, 1.807) is 17.5 Å². The number of hydrogen-bond acceptors (Lipinski definition) is 4. The second kappa shape index (κ2) is 7.23. The summed E-state index contributed by atoms with van der Waals surface area (Å²) in [7, 11) is 0. The molecule has 0 spiro atoms. The first kappa shape index (κ1) is 16.1. The summed E-state index contributed by atoms with van der Waals surface area (Å²) in [6.07, 6.45) is 8.10. The maximum Gasteiger partial charge on any atom is 0.224 e. The van der Waals surface area contributed by atoms with Crippen molar-refractivity contribution in [2.75, 3.05) is 11.9 Å². The Hall–Kier alpha value is -1.72. The number of aromatic nitrogens is 1. The van der Waals surface area contributed by atoms with Crippen LogP contribution >= 0.6 is 11.3 Å². The van der Waals surface area contributed by atoms with Crippen molar-refractivity contribution in [2.45, 2.75) is 38.5 Å². The molecule has 2 aromatic rings. The summed E-state index contributed by atoms with van der Waals surface area (Å²) < 4.78 is 0. The lowest BCUT2D eigenvalue weighted by Crippen LogP contribution is -2.36. The van der Waals surface area contributed by atoms with Gasteiger partial charge >= 0.3 is 0 Å². The van der Waals surface area contributed by atoms with Crippen molar-refractivity contribution in [3.05, 3.63) is 35.8 Å². The van der Waals surface area contributed by atoms with Crippen LogP contribution < -0.4 is 11.1 Å². The molecule has 1 heterocycles. The van der Waals surface area contributed by atoms with Gasteiger partial charge in [0.15, 0.2) is 0 Å². The van der Waals surface area contributed by atoms with E-state index in [0.29, 0.717) is 13.0 Å². The van der Waals surface area contributed by atoms with E-state index in [-0.39, 0.29) is 11.3 Å². The topological polar surface area (TPSA) is 68.0 Å². The number of carbonyl (C=O) groups excluding carboxylic acids is 1. The monoisotopic (exact) mass is 329 g/mol. The molecular formula is C18H23N3OS. The van der Waals surface area contributed by atoms with Gasteiger partial charge in [0.1, 0.15) is 5.01 Å². The highest BCUT2D eigenvalue weighted by molar-refractivity contribution is 7.13. The summed E-state index contributed by atoms with van der Waals surface area (Å²) >= 11 is 1.61. The first-order valence-corrected chi connectivity index (χ1v) is 9.09. The molecule has 3 N–H and O–H groups in total. The van der Waals surface area contributed by atoms with Gasteiger partial charge in [-0.25, -0.2) is 4.98 Å². The molecule has 122 valence electrons. The summed E-state index contributed by atoms with van der Waals surface area (Å²) in [4.78, 5) is 16.7. The third kappa shape index (κ3) is 3.98. The van der Waals surface area contributed by atoms with Crippen LogP contribution in [0, 0.1) is 5.41 Å². The number of amides is 1. The second-order valence-corrected chi connectivity index (χ2v) is 7.30. The molecule has 0 saturated heterocycles. The zero-order valence-electron chi connectivity index (χ0n) is 13.3. The van der Waals surface area contributed by atoms with Gasteiger partial charge in [0.05, 0.1) is 0 Å². The minimum absolute atomic E-state index is 0.00314. The van der Waals surface area contributed by atoms with Gasteiger partial charge < -0.3 is 11.1 Å². The first-order chi connectivity index (χ1) is 11.2. The smallest absolute Gasteiger partial charge is 0.224 e. The molecule has 1 aromatic carbocycles. The van der Waals surface area contributed by atoms with E-state index in [0.717, 1.165) is 29.1 Å². The predicted octanol–water partition coefficient (Wildman–Crippen LogP) is 4.05. The van der Waals surface area contributed by atoms with E-state index < -0.39 is 0 Å². The zero-order valence-corrected chi connectivity index (χ0v) is 14.1. The molecule has 1 amide bonds. The molecule has 1 saturated carbocycles. The van der Waals surface area contributed by atoms with Gasteiger partial charge in [0, 0.05) is 29.2 Å². The standard InChI is InChI=1S/C18H23N3OS/c19-13-18(8-2-1-3-9-18)12-16(22)21-15-6-4-14(5-7-15)17-20-10-11-23-17/h4-7,10-11H,1-3,8-9,12-13,19H2,(H,21,22). The average molecular weight is 329 g/mol. The van der Waals surface area contributed by atoms with Crippen LogP contribution in [0.4, 0.5) is 5.69 Å². The number of nitrogens with one attached hydrogen (secondary N) is 1. The lowest BCUT2D eigenvalue weighted by molar-refractivity contribution is -0.118. The second-order valence-electron chi connectivity index (χ2n) is 6.40. The molecule has 1 aromatic heterocycles. The highest BCUT2D eigenvalue weighted by atomic mass is 32.1. The Morgan fingerprint density at radius 1 is 1.22 bits per heavy atom. The Bertz CT molecular complexity index is 631. The van der Waals surface area contributed by atoms with Crippen LogP contribution in [-0.4, -0.2) is 17.4 Å². The molecule has 5 heteroatoms. The zero-order chi connectivity index (χ0) is 16.1. The average Bonchev–Trinajstić information content (AvgIpc) is 3.11. The summed E-state index contributed by atoms with van der Waals surface area (Å²) in [5, 5.41) is 5.96. The third-order valence-corrected chi connectivity index (χ3v) is 5.55. The Labute approximate surface area is 141 Å². The Kier molecular flexibility index (Phi) is 5.08. The molecule has 1 aliphatic rings. The number of hydrogen-bond donors (Lipinski definition) is 2. The molecule has 0 aliphatic heterocycles. The van der Waals surface area contributed by atoms with Crippen molar-refractivity contribution in [3.63, 3.8) is 0 Å². The quantitative estimate of drug-likeness (QED) is 0.869. The highest BCUT2D eigenvalue weighted by Gasteiger charge is 2.32. The van der Waals surface area contributed by atoms with Crippen molar-refractivity contribution in [1.29, 1.82) is 0 Å².